The van der Waals surface area contributed by atoms with Gasteiger partial charge >= 0.3 is 5.97 Å². The van der Waals surface area contributed by atoms with Gasteiger partial charge in [-0.05, 0) is 88.0 Å². The number of nitrogens with one attached hydrogen (secondary N) is 1. The summed E-state index contributed by atoms with van der Waals surface area (Å²) in [5, 5.41) is 12.4. The van der Waals surface area contributed by atoms with Gasteiger partial charge in [-0.3, -0.25) is 4.79 Å². The lowest BCUT2D eigenvalue weighted by molar-refractivity contribution is -0.137. The van der Waals surface area contributed by atoms with Gasteiger partial charge in [0.25, 0.3) is 0 Å². The Hall–Kier alpha value is -0.570. The molecule has 1 atom stereocenters. The van der Waals surface area contributed by atoms with Crippen LogP contribution in [0.1, 0.15) is 64.7 Å². The number of rotatable bonds is 7. The fraction of sp³-hybridized carbons (Fsp3) is 0.941. The van der Waals surface area contributed by atoms with Crippen molar-refractivity contribution in [3.63, 3.8) is 0 Å². The Bertz CT molecular complexity index is 331. The SMILES string of the molecule is CC(NCCCCC(=O)O)C12CC3CC(CC(C3)C1)C2. The van der Waals surface area contributed by atoms with Crippen LogP contribution in [0.4, 0.5) is 0 Å². The van der Waals surface area contributed by atoms with E-state index in [2.05, 4.69) is 12.2 Å². The van der Waals surface area contributed by atoms with E-state index in [0.29, 0.717) is 17.9 Å². The van der Waals surface area contributed by atoms with Crippen LogP contribution in [0.5, 0.6) is 0 Å². The van der Waals surface area contributed by atoms with E-state index in [1.165, 1.54) is 38.5 Å². The second-order valence-corrected chi connectivity index (χ2v) is 7.81. The van der Waals surface area contributed by atoms with E-state index in [0.717, 1.165) is 37.1 Å². The molecule has 0 aromatic heterocycles. The van der Waals surface area contributed by atoms with Gasteiger partial charge in [0.2, 0.25) is 0 Å². The van der Waals surface area contributed by atoms with E-state index in [4.69, 9.17) is 5.11 Å². The monoisotopic (exact) mass is 279 g/mol. The van der Waals surface area contributed by atoms with E-state index >= 15 is 0 Å². The number of aliphatic carboxylic acids is 1. The van der Waals surface area contributed by atoms with Crippen molar-refractivity contribution in [2.24, 2.45) is 23.2 Å². The summed E-state index contributed by atoms with van der Waals surface area (Å²) in [5.74, 6) is 2.37. The van der Waals surface area contributed by atoms with Crippen molar-refractivity contribution in [1.82, 2.24) is 5.32 Å². The number of unbranched alkanes of at least 4 members (excludes halogenated alkanes) is 1. The summed E-state index contributed by atoms with van der Waals surface area (Å²) in [4.78, 5) is 10.5. The molecule has 4 fully saturated rings. The molecule has 1 unspecified atom stereocenters. The molecule has 0 spiro atoms. The van der Waals surface area contributed by atoms with Gasteiger partial charge in [-0.15, -0.1) is 0 Å². The molecule has 2 N–H and O–H groups in total. The van der Waals surface area contributed by atoms with Gasteiger partial charge in [-0.1, -0.05) is 0 Å². The smallest absolute Gasteiger partial charge is 0.303 e. The topological polar surface area (TPSA) is 49.3 Å². The highest BCUT2D eigenvalue weighted by atomic mass is 16.4. The second kappa shape index (κ2) is 5.67. The zero-order chi connectivity index (χ0) is 14.2. The van der Waals surface area contributed by atoms with Gasteiger partial charge in [0, 0.05) is 12.5 Å². The minimum absolute atomic E-state index is 0.313. The molecule has 4 rings (SSSR count). The predicted molar refractivity (Wildman–Crippen MR) is 79.6 cm³/mol. The summed E-state index contributed by atoms with van der Waals surface area (Å²) in [6.07, 6.45) is 11.0. The van der Waals surface area contributed by atoms with Crippen LogP contribution in [-0.2, 0) is 4.79 Å². The Labute approximate surface area is 122 Å². The lowest BCUT2D eigenvalue weighted by Gasteiger charge is -2.59. The Morgan fingerprint density at radius 3 is 2.20 bits per heavy atom. The first-order chi connectivity index (χ1) is 9.57. The van der Waals surface area contributed by atoms with E-state index < -0.39 is 5.97 Å². The number of carboxylic acids is 1. The molecule has 114 valence electrons. The fourth-order valence-corrected chi connectivity index (χ4v) is 5.64. The van der Waals surface area contributed by atoms with Crippen molar-refractivity contribution in [2.45, 2.75) is 70.8 Å². The molecular formula is C17H29NO2. The average molecular weight is 279 g/mol. The van der Waals surface area contributed by atoms with Crippen molar-refractivity contribution in [2.75, 3.05) is 6.54 Å². The van der Waals surface area contributed by atoms with Crippen LogP contribution >= 0.6 is 0 Å². The van der Waals surface area contributed by atoms with Crippen molar-refractivity contribution in [1.29, 1.82) is 0 Å². The van der Waals surface area contributed by atoms with Crippen LogP contribution in [0, 0.1) is 23.2 Å². The van der Waals surface area contributed by atoms with Crippen LogP contribution in [0.25, 0.3) is 0 Å². The van der Waals surface area contributed by atoms with Crippen LogP contribution < -0.4 is 5.32 Å². The molecule has 4 bridgehead atoms. The molecule has 0 heterocycles. The number of hydrogen-bond acceptors (Lipinski definition) is 2. The van der Waals surface area contributed by atoms with E-state index in [-0.39, 0.29) is 0 Å². The quantitative estimate of drug-likeness (QED) is 0.702. The summed E-state index contributed by atoms with van der Waals surface area (Å²) in [6, 6.07) is 0.612. The van der Waals surface area contributed by atoms with E-state index in [1.54, 1.807) is 0 Å². The van der Waals surface area contributed by atoms with E-state index in [1.807, 2.05) is 0 Å². The Balaban J connectivity index is 1.47. The molecule has 20 heavy (non-hydrogen) atoms. The Kier molecular flexibility index (Phi) is 4.07. The van der Waals surface area contributed by atoms with Gasteiger partial charge < -0.3 is 10.4 Å². The molecule has 3 nitrogen and oxygen atoms in total. The summed E-state index contributed by atoms with van der Waals surface area (Å²) in [7, 11) is 0. The van der Waals surface area contributed by atoms with Crippen LogP contribution in [-0.4, -0.2) is 23.7 Å². The van der Waals surface area contributed by atoms with Gasteiger partial charge in [0.1, 0.15) is 0 Å². The van der Waals surface area contributed by atoms with Crippen molar-refractivity contribution < 1.29 is 9.90 Å². The molecule has 0 saturated heterocycles. The first kappa shape index (κ1) is 14.4. The normalized spacial score (nSPS) is 40.0. The molecule has 3 heteroatoms. The van der Waals surface area contributed by atoms with Crippen LogP contribution in [0.3, 0.4) is 0 Å². The maximum Gasteiger partial charge on any atom is 0.303 e. The van der Waals surface area contributed by atoms with Gasteiger partial charge in [-0.2, -0.15) is 0 Å². The molecule has 0 aromatic rings. The van der Waals surface area contributed by atoms with Crippen molar-refractivity contribution in [3.8, 4) is 0 Å². The standard InChI is InChI=1S/C17H29NO2/c1-12(18-5-3-2-4-16(19)20)17-9-13-6-14(10-17)8-15(7-13)11-17/h12-15,18H,2-11H2,1H3,(H,19,20). The molecule has 4 saturated carbocycles. The number of hydrogen-bond donors (Lipinski definition) is 2. The minimum atomic E-state index is -0.667. The molecule has 0 amide bonds. The fourth-order valence-electron chi connectivity index (χ4n) is 5.64. The molecule has 0 aliphatic heterocycles. The minimum Gasteiger partial charge on any atom is -0.481 e. The first-order valence-corrected chi connectivity index (χ1v) is 8.52. The summed E-state index contributed by atoms with van der Waals surface area (Å²) in [5.41, 5.74) is 0.571. The largest absolute Gasteiger partial charge is 0.481 e. The Morgan fingerprint density at radius 1 is 1.15 bits per heavy atom. The summed E-state index contributed by atoms with van der Waals surface area (Å²) in [6.45, 7) is 3.36. The zero-order valence-corrected chi connectivity index (χ0v) is 12.7. The number of carbonyl (C=O) groups is 1. The highest BCUT2D eigenvalue weighted by Gasteiger charge is 2.52. The third-order valence-electron chi connectivity index (χ3n) is 6.27. The highest BCUT2D eigenvalue weighted by Crippen LogP contribution is 2.61. The first-order valence-electron chi connectivity index (χ1n) is 8.52. The van der Waals surface area contributed by atoms with E-state index in [9.17, 15) is 4.79 Å². The molecule has 4 aliphatic rings. The van der Waals surface area contributed by atoms with Crippen LogP contribution in [0.2, 0.25) is 0 Å². The third-order valence-corrected chi connectivity index (χ3v) is 6.27. The summed E-state index contributed by atoms with van der Waals surface area (Å²) >= 11 is 0. The van der Waals surface area contributed by atoms with Crippen LogP contribution in [0.15, 0.2) is 0 Å². The molecular weight excluding hydrogens is 250 g/mol. The maximum absolute atomic E-state index is 10.5. The number of carboxylic acid groups (broad SMARTS) is 1. The highest BCUT2D eigenvalue weighted by molar-refractivity contribution is 5.66. The van der Waals surface area contributed by atoms with Crippen molar-refractivity contribution in [3.05, 3.63) is 0 Å². The predicted octanol–water partition coefficient (Wildman–Crippen LogP) is 3.44. The second-order valence-electron chi connectivity index (χ2n) is 7.81. The van der Waals surface area contributed by atoms with Crippen molar-refractivity contribution >= 4 is 5.97 Å². The maximum atomic E-state index is 10.5. The zero-order valence-electron chi connectivity index (χ0n) is 12.7. The molecule has 4 aliphatic carbocycles. The van der Waals surface area contributed by atoms with Gasteiger partial charge in [0.05, 0.1) is 0 Å². The lowest BCUT2D eigenvalue weighted by atomic mass is 9.48. The Morgan fingerprint density at radius 2 is 1.70 bits per heavy atom. The third kappa shape index (κ3) is 2.88. The summed E-state index contributed by atoms with van der Waals surface area (Å²) < 4.78 is 0. The lowest BCUT2D eigenvalue weighted by Crippen LogP contribution is -2.54. The molecule has 0 radical (unpaired) electrons. The molecule has 0 aromatic carbocycles. The van der Waals surface area contributed by atoms with Gasteiger partial charge in [0.15, 0.2) is 0 Å². The average Bonchev–Trinajstić information content (AvgIpc) is 2.36. The van der Waals surface area contributed by atoms with Gasteiger partial charge in [-0.25, -0.2) is 0 Å².